The van der Waals surface area contributed by atoms with Crippen LogP contribution in [0.3, 0.4) is 0 Å². The lowest BCUT2D eigenvalue weighted by atomic mass is 10.1. The number of nitrogens with one attached hydrogen (secondary N) is 1. The van der Waals surface area contributed by atoms with Crippen LogP contribution in [-0.2, 0) is 6.61 Å². The summed E-state index contributed by atoms with van der Waals surface area (Å²) in [5.41, 5.74) is 3.24. The molecule has 1 N–H and O–H groups in total. The van der Waals surface area contributed by atoms with E-state index in [0.717, 1.165) is 54.1 Å². The highest BCUT2D eigenvalue weighted by Crippen LogP contribution is 2.34. The van der Waals surface area contributed by atoms with Crippen molar-refractivity contribution >= 4 is 0 Å². The standard InChI is InChI=1S/C22H25N3O2/c1-26-22-13-20(27-16-17-5-3-2-4-6-17)7-8-21(22)18-14-24-25(15-18)19-9-11-23-12-10-19/h2-8,13-15,19,23H,9-12,16H2,1H3. The van der Waals surface area contributed by atoms with E-state index in [1.54, 1.807) is 7.11 Å². The van der Waals surface area contributed by atoms with Gasteiger partial charge in [-0.2, -0.15) is 5.10 Å². The van der Waals surface area contributed by atoms with Gasteiger partial charge in [-0.1, -0.05) is 30.3 Å². The lowest BCUT2D eigenvalue weighted by Gasteiger charge is -2.22. The summed E-state index contributed by atoms with van der Waals surface area (Å²) in [4.78, 5) is 0. The van der Waals surface area contributed by atoms with Gasteiger partial charge in [0.15, 0.2) is 0 Å². The zero-order valence-corrected chi connectivity index (χ0v) is 15.6. The van der Waals surface area contributed by atoms with Crippen LogP contribution in [0.25, 0.3) is 11.1 Å². The van der Waals surface area contributed by atoms with E-state index in [0.29, 0.717) is 12.6 Å². The van der Waals surface area contributed by atoms with Crippen molar-refractivity contribution < 1.29 is 9.47 Å². The van der Waals surface area contributed by atoms with Crippen molar-refractivity contribution in [3.05, 3.63) is 66.5 Å². The molecule has 1 fully saturated rings. The summed E-state index contributed by atoms with van der Waals surface area (Å²) in [5, 5.41) is 7.99. The summed E-state index contributed by atoms with van der Waals surface area (Å²) in [5.74, 6) is 1.59. The quantitative estimate of drug-likeness (QED) is 0.717. The summed E-state index contributed by atoms with van der Waals surface area (Å²) < 4.78 is 13.6. The first-order valence-electron chi connectivity index (χ1n) is 9.43. The molecule has 0 saturated carbocycles. The lowest BCUT2D eigenvalue weighted by Crippen LogP contribution is -2.29. The zero-order chi connectivity index (χ0) is 18.5. The molecular formula is C22H25N3O2. The van der Waals surface area contributed by atoms with Crippen LogP contribution in [-0.4, -0.2) is 30.0 Å². The Kier molecular flexibility index (Phi) is 5.39. The Morgan fingerprint density at radius 3 is 2.70 bits per heavy atom. The van der Waals surface area contributed by atoms with E-state index in [4.69, 9.17) is 9.47 Å². The van der Waals surface area contributed by atoms with E-state index in [1.807, 2.05) is 42.6 Å². The summed E-state index contributed by atoms with van der Waals surface area (Å²) in [6, 6.07) is 16.6. The van der Waals surface area contributed by atoms with Crippen molar-refractivity contribution in [2.24, 2.45) is 0 Å². The third-order valence-corrected chi connectivity index (χ3v) is 5.02. The van der Waals surface area contributed by atoms with E-state index in [9.17, 15) is 0 Å². The SMILES string of the molecule is COc1cc(OCc2ccccc2)ccc1-c1cnn(C2CCNCC2)c1. The minimum absolute atomic E-state index is 0.472. The van der Waals surface area contributed by atoms with Gasteiger partial charge in [-0.15, -0.1) is 0 Å². The van der Waals surface area contributed by atoms with Gasteiger partial charge in [0.2, 0.25) is 0 Å². The first-order chi connectivity index (χ1) is 13.3. The van der Waals surface area contributed by atoms with Crippen LogP contribution in [0.2, 0.25) is 0 Å². The molecule has 5 nitrogen and oxygen atoms in total. The van der Waals surface area contributed by atoms with Crippen molar-refractivity contribution in [1.29, 1.82) is 0 Å². The van der Waals surface area contributed by atoms with Gasteiger partial charge < -0.3 is 14.8 Å². The molecule has 0 bridgehead atoms. The molecule has 1 aromatic heterocycles. The predicted molar refractivity (Wildman–Crippen MR) is 106 cm³/mol. The first kappa shape index (κ1) is 17.6. The van der Waals surface area contributed by atoms with Crippen LogP contribution in [0, 0.1) is 0 Å². The van der Waals surface area contributed by atoms with Gasteiger partial charge in [0, 0.05) is 23.4 Å². The molecular weight excluding hydrogens is 338 g/mol. The van der Waals surface area contributed by atoms with Crippen molar-refractivity contribution in [1.82, 2.24) is 15.1 Å². The normalized spacial score (nSPS) is 14.9. The Bertz CT molecular complexity index is 870. The number of aromatic nitrogens is 2. The zero-order valence-electron chi connectivity index (χ0n) is 15.6. The van der Waals surface area contributed by atoms with Crippen molar-refractivity contribution in [3.8, 4) is 22.6 Å². The molecule has 27 heavy (non-hydrogen) atoms. The van der Waals surface area contributed by atoms with E-state index >= 15 is 0 Å². The van der Waals surface area contributed by atoms with E-state index in [1.165, 1.54) is 0 Å². The van der Waals surface area contributed by atoms with Crippen molar-refractivity contribution in [3.63, 3.8) is 0 Å². The molecule has 0 unspecified atom stereocenters. The van der Waals surface area contributed by atoms with Crippen LogP contribution in [0.1, 0.15) is 24.4 Å². The molecule has 1 aliphatic heterocycles. The number of hydrogen-bond donors (Lipinski definition) is 1. The van der Waals surface area contributed by atoms with E-state index < -0.39 is 0 Å². The number of rotatable bonds is 6. The highest BCUT2D eigenvalue weighted by atomic mass is 16.5. The molecule has 0 spiro atoms. The molecule has 0 atom stereocenters. The Morgan fingerprint density at radius 2 is 1.93 bits per heavy atom. The molecule has 2 aromatic carbocycles. The maximum atomic E-state index is 5.92. The Morgan fingerprint density at radius 1 is 1.11 bits per heavy atom. The molecule has 0 amide bonds. The van der Waals surface area contributed by atoms with Gasteiger partial charge in [-0.3, -0.25) is 4.68 Å². The maximum Gasteiger partial charge on any atom is 0.130 e. The van der Waals surface area contributed by atoms with E-state index in [2.05, 4.69) is 33.4 Å². The van der Waals surface area contributed by atoms with Gasteiger partial charge >= 0.3 is 0 Å². The number of piperidine rings is 1. The monoisotopic (exact) mass is 363 g/mol. The molecule has 1 saturated heterocycles. The molecule has 2 heterocycles. The number of nitrogens with zero attached hydrogens (tertiary/aromatic N) is 2. The number of benzene rings is 2. The second-order valence-electron chi connectivity index (χ2n) is 6.83. The topological polar surface area (TPSA) is 48.3 Å². The fourth-order valence-corrected chi connectivity index (χ4v) is 3.49. The Balaban J connectivity index is 1.50. The van der Waals surface area contributed by atoms with Crippen LogP contribution in [0.15, 0.2) is 60.9 Å². The molecule has 140 valence electrons. The van der Waals surface area contributed by atoms with Gasteiger partial charge in [-0.05, 0) is 43.6 Å². The predicted octanol–water partition coefficient (Wildman–Crippen LogP) is 4.06. The lowest BCUT2D eigenvalue weighted by molar-refractivity contribution is 0.304. The fraction of sp³-hybridized carbons (Fsp3) is 0.318. The smallest absolute Gasteiger partial charge is 0.130 e. The third-order valence-electron chi connectivity index (χ3n) is 5.02. The Hall–Kier alpha value is -2.79. The average molecular weight is 363 g/mol. The Labute approximate surface area is 159 Å². The second kappa shape index (κ2) is 8.27. The first-order valence-corrected chi connectivity index (χ1v) is 9.43. The van der Waals surface area contributed by atoms with Crippen LogP contribution >= 0.6 is 0 Å². The molecule has 5 heteroatoms. The summed E-state index contributed by atoms with van der Waals surface area (Å²) >= 11 is 0. The van der Waals surface area contributed by atoms with Gasteiger partial charge in [-0.25, -0.2) is 0 Å². The molecule has 1 aliphatic rings. The van der Waals surface area contributed by atoms with Gasteiger partial charge in [0.1, 0.15) is 18.1 Å². The minimum atomic E-state index is 0.472. The summed E-state index contributed by atoms with van der Waals surface area (Å²) in [6.45, 7) is 2.64. The van der Waals surface area contributed by atoms with Gasteiger partial charge in [0.05, 0.1) is 19.3 Å². The highest BCUT2D eigenvalue weighted by molar-refractivity contribution is 5.70. The molecule has 0 radical (unpaired) electrons. The molecule has 4 rings (SSSR count). The fourth-order valence-electron chi connectivity index (χ4n) is 3.49. The highest BCUT2D eigenvalue weighted by Gasteiger charge is 2.17. The van der Waals surface area contributed by atoms with Crippen molar-refractivity contribution in [2.45, 2.75) is 25.5 Å². The van der Waals surface area contributed by atoms with Crippen LogP contribution in [0.4, 0.5) is 0 Å². The molecule has 3 aromatic rings. The summed E-state index contributed by atoms with van der Waals surface area (Å²) in [6.07, 6.45) is 6.28. The minimum Gasteiger partial charge on any atom is -0.496 e. The van der Waals surface area contributed by atoms with Gasteiger partial charge in [0.25, 0.3) is 0 Å². The molecule has 0 aliphatic carbocycles. The van der Waals surface area contributed by atoms with Crippen molar-refractivity contribution in [2.75, 3.05) is 20.2 Å². The number of hydrogen-bond acceptors (Lipinski definition) is 4. The van der Waals surface area contributed by atoms with Crippen LogP contribution < -0.4 is 14.8 Å². The summed E-state index contributed by atoms with van der Waals surface area (Å²) in [7, 11) is 1.69. The van der Waals surface area contributed by atoms with E-state index in [-0.39, 0.29) is 0 Å². The largest absolute Gasteiger partial charge is 0.496 e. The second-order valence-corrected chi connectivity index (χ2v) is 6.83. The number of methoxy groups -OCH3 is 1. The maximum absolute atomic E-state index is 5.92. The number of ether oxygens (including phenoxy) is 2. The third kappa shape index (κ3) is 4.14. The van der Waals surface area contributed by atoms with Crippen LogP contribution in [0.5, 0.6) is 11.5 Å². The average Bonchev–Trinajstić information content (AvgIpc) is 3.23.